The molecule has 0 spiro atoms. The summed E-state index contributed by atoms with van der Waals surface area (Å²) >= 11 is 1.43. The van der Waals surface area contributed by atoms with Gasteiger partial charge in [-0.15, -0.1) is 11.3 Å². The predicted molar refractivity (Wildman–Crippen MR) is 106 cm³/mol. The molecule has 0 amide bonds. The largest absolute Gasteiger partial charge is 0.496 e. The molecule has 0 fully saturated rings. The fourth-order valence-electron chi connectivity index (χ4n) is 3.30. The van der Waals surface area contributed by atoms with Crippen LogP contribution in [0, 0.1) is 11.3 Å². The zero-order valence-corrected chi connectivity index (χ0v) is 15.2. The van der Waals surface area contributed by atoms with Crippen molar-refractivity contribution in [3.8, 4) is 22.9 Å². The first-order chi connectivity index (χ1) is 12.6. The number of fused-ring (bicyclic) bond motifs is 3. The number of nitrogens with zero attached hydrogens (tertiary/aromatic N) is 1. The first-order valence-electron chi connectivity index (χ1n) is 8.24. The number of thiophene rings is 1. The van der Waals surface area contributed by atoms with Gasteiger partial charge in [-0.25, -0.2) is 0 Å². The standard InChI is InChI=1S/C21H16N2O2S/c1-12(11-22)13-3-5-14(6-4-13)18-17(25-2)8-7-16-19(18)15-9-10-26-20(15)21(24)23-16/h3-10,12H,1-2H3,(H,23,24). The fourth-order valence-corrected chi connectivity index (χ4v) is 4.09. The minimum atomic E-state index is -0.154. The predicted octanol–water partition coefficient (Wildman–Crippen LogP) is 5.05. The molecule has 0 saturated carbocycles. The normalized spacial score (nSPS) is 12.2. The fraction of sp³-hybridized carbons (Fsp3) is 0.143. The zero-order valence-electron chi connectivity index (χ0n) is 14.4. The molecular weight excluding hydrogens is 344 g/mol. The third kappa shape index (κ3) is 2.47. The van der Waals surface area contributed by atoms with E-state index in [4.69, 9.17) is 10.00 Å². The summed E-state index contributed by atoms with van der Waals surface area (Å²) in [5.74, 6) is 0.594. The molecule has 0 aliphatic rings. The lowest BCUT2D eigenvalue weighted by Gasteiger charge is -2.14. The van der Waals surface area contributed by atoms with Crippen LogP contribution >= 0.6 is 11.3 Å². The van der Waals surface area contributed by atoms with E-state index in [-0.39, 0.29) is 11.5 Å². The Morgan fingerprint density at radius 1 is 1.15 bits per heavy atom. The summed E-state index contributed by atoms with van der Waals surface area (Å²) in [6.07, 6.45) is 0. The third-order valence-electron chi connectivity index (χ3n) is 4.67. The molecule has 1 N–H and O–H groups in total. The number of aromatic amines is 1. The number of nitriles is 1. The van der Waals surface area contributed by atoms with Gasteiger partial charge < -0.3 is 9.72 Å². The third-order valence-corrected chi connectivity index (χ3v) is 5.58. The van der Waals surface area contributed by atoms with Crippen LogP contribution in [0.3, 0.4) is 0 Å². The molecule has 2 aromatic carbocycles. The highest BCUT2D eigenvalue weighted by Crippen LogP contribution is 2.40. The van der Waals surface area contributed by atoms with E-state index in [1.807, 2.05) is 54.8 Å². The highest BCUT2D eigenvalue weighted by Gasteiger charge is 2.16. The van der Waals surface area contributed by atoms with Gasteiger partial charge in [0.05, 0.1) is 19.1 Å². The Morgan fingerprint density at radius 2 is 1.92 bits per heavy atom. The summed E-state index contributed by atoms with van der Waals surface area (Å²) in [6.45, 7) is 1.88. The van der Waals surface area contributed by atoms with Crippen LogP contribution in [0.1, 0.15) is 18.4 Å². The van der Waals surface area contributed by atoms with Crippen LogP contribution < -0.4 is 10.3 Å². The second kappa shape index (κ2) is 6.32. The van der Waals surface area contributed by atoms with Gasteiger partial charge in [-0.3, -0.25) is 4.79 Å². The van der Waals surface area contributed by atoms with Crippen LogP contribution in [-0.2, 0) is 0 Å². The molecule has 2 aromatic heterocycles. The summed E-state index contributed by atoms with van der Waals surface area (Å²) in [5, 5.41) is 12.9. The minimum absolute atomic E-state index is 0.0724. The Morgan fingerprint density at radius 3 is 2.62 bits per heavy atom. The van der Waals surface area contributed by atoms with Crippen LogP contribution in [-0.4, -0.2) is 12.1 Å². The maximum atomic E-state index is 12.3. The maximum absolute atomic E-state index is 12.3. The Hall–Kier alpha value is -3.10. The van der Waals surface area contributed by atoms with Crippen molar-refractivity contribution in [1.82, 2.24) is 4.98 Å². The number of benzene rings is 2. The number of hydrogen-bond acceptors (Lipinski definition) is 4. The van der Waals surface area contributed by atoms with E-state index in [2.05, 4.69) is 11.1 Å². The summed E-state index contributed by atoms with van der Waals surface area (Å²) in [7, 11) is 1.65. The molecule has 1 atom stereocenters. The highest BCUT2D eigenvalue weighted by atomic mass is 32.1. The minimum Gasteiger partial charge on any atom is -0.496 e. The molecule has 0 saturated heterocycles. The highest BCUT2D eigenvalue weighted by molar-refractivity contribution is 7.17. The van der Waals surface area contributed by atoms with Gasteiger partial charge in [-0.2, -0.15) is 5.26 Å². The number of ether oxygens (including phenoxy) is 1. The van der Waals surface area contributed by atoms with E-state index in [0.29, 0.717) is 4.70 Å². The van der Waals surface area contributed by atoms with Crippen molar-refractivity contribution < 1.29 is 4.74 Å². The molecule has 4 rings (SSSR count). The number of aromatic nitrogens is 1. The van der Waals surface area contributed by atoms with Crippen LogP contribution in [0.5, 0.6) is 5.75 Å². The van der Waals surface area contributed by atoms with E-state index in [0.717, 1.165) is 38.7 Å². The summed E-state index contributed by atoms with van der Waals surface area (Å²) < 4.78 is 6.33. The first kappa shape index (κ1) is 16.4. The lowest BCUT2D eigenvalue weighted by Crippen LogP contribution is -2.05. The van der Waals surface area contributed by atoms with Crippen LogP contribution in [0.2, 0.25) is 0 Å². The van der Waals surface area contributed by atoms with Gasteiger partial charge >= 0.3 is 0 Å². The van der Waals surface area contributed by atoms with Crippen LogP contribution in [0.15, 0.2) is 52.6 Å². The molecule has 1 unspecified atom stereocenters. The Labute approximate surface area is 154 Å². The zero-order chi connectivity index (χ0) is 18.3. The molecule has 26 heavy (non-hydrogen) atoms. The van der Waals surface area contributed by atoms with Crippen molar-refractivity contribution in [2.24, 2.45) is 0 Å². The van der Waals surface area contributed by atoms with Gasteiger partial charge in [0.25, 0.3) is 5.56 Å². The van der Waals surface area contributed by atoms with Crippen LogP contribution in [0.25, 0.3) is 32.1 Å². The molecular formula is C21H16N2O2S. The van der Waals surface area contributed by atoms with Gasteiger partial charge in [-0.1, -0.05) is 24.3 Å². The van der Waals surface area contributed by atoms with E-state index >= 15 is 0 Å². The number of nitrogens with one attached hydrogen (secondary N) is 1. The number of pyridine rings is 1. The lowest BCUT2D eigenvalue weighted by atomic mass is 9.94. The summed E-state index contributed by atoms with van der Waals surface area (Å²) in [5.41, 5.74) is 3.62. The quantitative estimate of drug-likeness (QED) is 0.556. The molecule has 5 heteroatoms. The van der Waals surface area contributed by atoms with Gasteiger partial charge in [-0.05, 0) is 41.6 Å². The first-order valence-corrected chi connectivity index (χ1v) is 9.12. The number of hydrogen-bond donors (Lipinski definition) is 1. The summed E-state index contributed by atoms with van der Waals surface area (Å²) in [4.78, 5) is 15.3. The average Bonchev–Trinajstić information content (AvgIpc) is 3.17. The van der Waals surface area contributed by atoms with Crippen molar-refractivity contribution in [2.75, 3.05) is 7.11 Å². The smallest absolute Gasteiger partial charge is 0.266 e. The molecule has 4 nitrogen and oxygen atoms in total. The van der Waals surface area contributed by atoms with E-state index in [1.54, 1.807) is 7.11 Å². The van der Waals surface area contributed by atoms with E-state index < -0.39 is 0 Å². The van der Waals surface area contributed by atoms with Crippen molar-refractivity contribution in [2.45, 2.75) is 12.8 Å². The van der Waals surface area contributed by atoms with Crippen molar-refractivity contribution >= 4 is 32.3 Å². The number of rotatable bonds is 3. The Kier molecular flexibility index (Phi) is 3.98. The molecule has 0 bridgehead atoms. The molecule has 2 heterocycles. The monoisotopic (exact) mass is 360 g/mol. The number of methoxy groups -OCH3 is 1. The Bertz CT molecular complexity index is 1210. The second-order valence-electron chi connectivity index (χ2n) is 6.16. The molecule has 0 aliphatic heterocycles. The van der Waals surface area contributed by atoms with Crippen molar-refractivity contribution in [3.63, 3.8) is 0 Å². The van der Waals surface area contributed by atoms with Gasteiger partial charge in [0, 0.05) is 21.9 Å². The second-order valence-corrected chi connectivity index (χ2v) is 7.07. The Balaban J connectivity index is 2.06. The van der Waals surface area contributed by atoms with E-state index in [9.17, 15) is 4.79 Å². The average molecular weight is 360 g/mol. The number of H-pyrrole nitrogens is 1. The lowest BCUT2D eigenvalue weighted by molar-refractivity contribution is 0.417. The molecule has 0 aliphatic carbocycles. The van der Waals surface area contributed by atoms with Crippen molar-refractivity contribution in [3.05, 3.63) is 63.8 Å². The van der Waals surface area contributed by atoms with Gasteiger partial charge in [0.15, 0.2) is 0 Å². The maximum Gasteiger partial charge on any atom is 0.266 e. The van der Waals surface area contributed by atoms with Crippen LogP contribution in [0.4, 0.5) is 0 Å². The summed E-state index contributed by atoms with van der Waals surface area (Å²) in [6, 6.07) is 15.9. The SMILES string of the molecule is COc1ccc2[nH]c(=O)c3sccc3c2c1-c1ccc(C(C)C#N)cc1. The topological polar surface area (TPSA) is 65.9 Å². The molecule has 4 aromatic rings. The molecule has 0 radical (unpaired) electrons. The van der Waals surface area contributed by atoms with Gasteiger partial charge in [0.1, 0.15) is 10.4 Å². The molecule has 128 valence electrons. The van der Waals surface area contributed by atoms with Crippen molar-refractivity contribution in [1.29, 1.82) is 5.26 Å². The van der Waals surface area contributed by atoms with E-state index in [1.165, 1.54) is 11.3 Å². The van der Waals surface area contributed by atoms with Gasteiger partial charge in [0.2, 0.25) is 0 Å².